The number of ketones is 1. The van der Waals surface area contributed by atoms with Crippen LogP contribution < -0.4 is 14.8 Å². The molecule has 0 aliphatic carbocycles. The topological polar surface area (TPSA) is 49.9 Å². The predicted molar refractivity (Wildman–Crippen MR) is 99.5 cm³/mol. The van der Waals surface area contributed by atoms with Gasteiger partial charge in [0.1, 0.15) is 0 Å². The van der Waals surface area contributed by atoms with Crippen molar-refractivity contribution in [1.82, 2.24) is 4.98 Å². The lowest BCUT2D eigenvalue weighted by atomic mass is 10.1. The second kappa shape index (κ2) is 7.18. The highest BCUT2D eigenvalue weighted by Crippen LogP contribution is 2.11. The molecule has 0 radical (unpaired) electrons. The van der Waals surface area contributed by atoms with Gasteiger partial charge in [-0.15, -0.1) is 11.3 Å². The molecule has 1 heterocycles. The Morgan fingerprint density at radius 1 is 1.04 bits per heavy atom. The van der Waals surface area contributed by atoms with Gasteiger partial charge in [0.15, 0.2) is 5.78 Å². The first-order valence-electron chi connectivity index (χ1n) is 6.99. The van der Waals surface area contributed by atoms with E-state index in [9.17, 15) is 9.59 Å². The van der Waals surface area contributed by atoms with Crippen molar-refractivity contribution in [2.45, 2.75) is 0 Å². The van der Waals surface area contributed by atoms with Gasteiger partial charge in [-0.3, -0.25) is 9.59 Å². The van der Waals surface area contributed by atoms with Crippen LogP contribution in [0.15, 0.2) is 53.3 Å². The molecule has 0 spiro atoms. The molecule has 0 atom stereocenters. The number of aromatic amines is 1. The van der Waals surface area contributed by atoms with Crippen LogP contribution in [0, 0.1) is 0 Å². The van der Waals surface area contributed by atoms with E-state index in [1.165, 1.54) is 17.4 Å². The number of nitrogens with one attached hydrogen (secondary N) is 1. The van der Waals surface area contributed by atoms with E-state index < -0.39 is 0 Å². The zero-order chi connectivity index (χ0) is 17.1. The van der Waals surface area contributed by atoms with Crippen LogP contribution in [-0.2, 0) is 0 Å². The van der Waals surface area contributed by atoms with Crippen LogP contribution in [0.25, 0.3) is 12.2 Å². The van der Waals surface area contributed by atoms with Crippen LogP contribution in [0.1, 0.15) is 15.9 Å². The number of carbonyl (C=O) groups is 1. The van der Waals surface area contributed by atoms with Crippen molar-refractivity contribution in [3.05, 3.63) is 89.3 Å². The summed E-state index contributed by atoms with van der Waals surface area (Å²) >= 11 is 13.0. The second-order valence-electron chi connectivity index (χ2n) is 5.00. The average Bonchev–Trinajstić information content (AvgIpc) is 2.87. The molecule has 3 nitrogen and oxygen atoms in total. The lowest BCUT2D eigenvalue weighted by Crippen LogP contribution is -2.20. The van der Waals surface area contributed by atoms with Crippen LogP contribution in [0.5, 0.6) is 0 Å². The van der Waals surface area contributed by atoms with E-state index in [1.54, 1.807) is 42.5 Å². The van der Waals surface area contributed by atoms with Gasteiger partial charge in [-0.25, -0.2) is 0 Å². The SMILES string of the molecule is O=C(/C=c1\[nH]c(=O)/c(=C\c2cccc(Cl)c2)s1)c1ccc(Cl)cc1. The normalized spacial score (nSPS) is 12.6. The third kappa shape index (κ3) is 4.03. The van der Waals surface area contributed by atoms with Crippen molar-refractivity contribution in [3.63, 3.8) is 0 Å². The zero-order valence-corrected chi connectivity index (χ0v) is 14.6. The highest BCUT2D eigenvalue weighted by molar-refractivity contribution is 7.07. The minimum Gasteiger partial charge on any atom is -0.313 e. The van der Waals surface area contributed by atoms with Gasteiger partial charge in [0, 0.05) is 21.7 Å². The van der Waals surface area contributed by atoms with Crippen molar-refractivity contribution in [2.24, 2.45) is 0 Å². The molecule has 3 rings (SSSR count). The standard InChI is InChI=1S/C18H11Cl2NO2S/c19-13-6-4-12(5-7-13)15(22)10-17-21-18(23)16(24-17)9-11-2-1-3-14(20)8-11/h1-10H,(H,21,23)/b16-9+,17-10+. The van der Waals surface area contributed by atoms with E-state index in [1.807, 2.05) is 12.1 Å². The third-order valence-electron chi connectivity index (χ3n) is 3.22. The smallest absolute Gasteiger partial charge is 0.266 e. The zero-order valence-electron chi connectivity index (χ0n) is 12.3. The van der Waals surface area contributed by atoms with Crippen molar-refractivity contribution >= 4 is 52.5 Å². The molecule has 3 aromatic rings. The summed E-state index contributed by atoms with van der Waals surface area (Å²) < 4.78 is 1.00. The number of carbonyl (C=O) groups excluding carboxylic acids is 1. The molecule has 24 heavy (non-hydrogen) atoms. The van der Waals surface area contributed by atoms with Crippen LogP contribution in [0.4, 0.5) is 0 Å². The minimum absolute atomic E-state index is 0.196. The highest BCUT2D eigenvalue weighted by atomic mass is 35.5. The maximum atomic E-state index is 12.2. The van der Waals surface area contributed by atoms with Crippen molar-refractivity contribution in [1.29, 1.82) is 0 Å². The summed E-state index contributed by atoms with van der Waals surface area (Å²) in [5, 5.41) is 1.16. The molecule has 0 saturated heterocycles. The van der Waals surface area contributed by atoms with Gasteiger partial charge in [-0.2, -0.15) is 0 Å². The summed E-state index contributed by atoms with van der Waals surface area (Å²) in [6.07, 6.45) is 3.14. The van der Waals surface area contributed by atoms with E-state index in [0.717, 1.165) is 5.56 Å². The van der Waals surface area contributed by atoms with Gasteiger partial charge in [0.25, 0.3) is 5.56 Å². The van der Waals surface area contributed by atoms with Gasteiger partial charge in [0.2, 0.25) is 0 Å². The third-order valence-corrected chi connectivity index (χ3v) is 4.67. The molecule has 0 saturated carbocycles. The lowest BCUT2D eigenvalue weighted by Gasteiger charge is -1.94. The number of rotatable bonds is 3. The molecule has 0 aliphatic heterocycles. The number of halogens is 2. The first-order valence-corrected chi connectivity index (χ1v) is 8.56. The Morgan fingerprint density at radius 2 is 1.79 bits per heavy atom. The number of hydrogen-bond donors (Lipinski definition) is 1. The summed E-state index contributed by atoms with van der Waals surface area (Å²) in [4.78, 5) is 26.9. The molecule has 0 unspecified atom stereocenters. The molecule has 0 aliphatic rings. The number of H-pyrrole nitrogens is 1. The molecule has 2 aromatic carbocycles. The Labute approximate surface area is 151 Å². The van der Waals surface area contributed by atoms with Crippen molar-refractivity contribution in [3.8, 4) is 0 Å². The van der Waals surface area contributed by atoms with Crippen molar-refractivity contribution in [2.75, 3.05) is 0 Å². The average molecular weight is 376 g/mol. The molecular formula is C18H11Cl2NO2S. The number of hydrogen-bond acceptors (Lipinski definition) is 3. The number of benzene rings is 2. The molecule has 1 N–H and O–H groups in total. The van der Waals surface area contributed by atoms with Gasteiger partial charge >= 0.3 is 0 Å². The van der Waals surface area contributed by atoms with E-state index in [2.05, 4.69) is 4.98 Å². The van der Waals surface area contributed by atoms with Gasteiger partial charge in [0.05, 0.1) is 9.20 Å². The Bertz CT molecular complexity index is 1070. The number of Topliss-reactive ketones (excluding diaryl/α,β-unsaturated/α-hetero) is 1. The fourth-order valence-corrected chi connectivity index (χ4v) is 3.30. The van der Waals surface area contributed by atoms with E-state index in [4.69, 9.17) is 23.2 Å². The molecule has 0 bridgehead atoms. The predicted octanol–water partition coefficient (Wildman–Crippen LogP) is 3.24. The highest BCUT2D eigenvalue weighted by Gasteiger charge is 2.03. The lowest BCUT2D eigenvalue weighted by molar-refractivity contribution is 0.106. The number of aromatic nitrogens is 1. The van der Waals surface area contributed by atoms with Crippen molar-refractivity contribution < 1.29 is 4.79 Å². The van der Waals surface area contributed by atoms with E-state index in [0.29, 0.717) is 24.8 Å². The quantitative estimate of drug-likeness (QED) is 0.714. The number of thiazole rings is 1. The van der Waals surface area contributed by atoms with Crippen LogP contribution in [-0.4, -0.2) is 10.8 Å². The maximum absolute atomic E-state index is 12.2. The fourth-order valence-electron chi connectivity index (χ4n) is 2.09. The van der Waals surface area contributed by atoms with Crippen LogP contribution in [0.2, 0.25) is 10.0 Å². The molecule has 0 amide bonds. The Hall–Kier alpha value is -2.14. The molecule has 1 aromatic heterocycles. The first-order chi connectivity index (χ1) is 11.5. The summed E-state index contributed by atoms with van der Waals surface area (Å²) in [7, 11) is 0. The van der Waals surface area contributed by atoms with E-state index in [-0.39, 0.29) is 11.3 Å². The molecule has 6 heteroatoms. The summed E-state index contributed by atoms with van der Waals surface area (Å²) in [6.45, 7) is 0. The first kappa shape index (κ1) is 16.7. The van der Waals surface area contributed by atoms with Crippen LogP contribution in [0.3, 0.4) is 0 Å². The van der Waals surface area contributed by atoms with E-state index >= 15 is 0 Å². The summed E-state index contributed by atoms with van der Waals surface area (Å²) in [5.41, 5.74) is 1.09. The Balaban J connectivity index is 1.98. The Kier molecular flexibility index (Phi) is 5.00. The van der Waals surface area contributed by atoms with Gasteiger partial charge in [-0.1, -0.05) is 35.3 Å². The maximum Gasteiger partial charge on any atom is 0.266 e. The van der Waals surface area contributed by atoms with Crippen LogP contribution >= 0.6 is 34.5 Å². The largest absolute Gasteiger partial charge is 0.313 e. The second-order valence-corrected chi connectivity index (χ2v) is 6.96. The summed E-state index contributed by atoms with van der Waals surface area (Å²) in [6, 6.07) is 13.8. The monoisotopic (exact) mass is 375 g/mol. The molecular weight excluding hydrogens is 365 g/mol. The minimum atomic E-state index is -0.241. The summed E-state index contributed by atoms with van der Waals surface area (Å²) in [5.74, 6) is -0.196. The molecule has 0 fully saturated rings. The molecule has 120 valence electrons. The van der Waals surface area contributed by atoms with Gasteiger partial charge in [-0.05, 0) is 48.0 Å². The van der Waals surface area contributed by atoms with Gasteiger partial charge < -0.3 is 4.98 Å². The Morgan fingerprint density at radius 3 is 2.50 bits per heavy atom. The fraction of sp³-hybridized carbons (Fsp3) is 0.